The first kappa shape index (κ1) is 11.8. The zero-order valence-corrected chi connectivity index (χ0v) is 7.99. The van der Waals surface area contributed by atoms with Crippen LogP contribution in [0.5, 0.6) is 0 Å². The maximum Gasteiger partial charge on any atom is 0.407 e. The molecule has 0 saturated heterocycles. The number of carboxylic acid groups (broad SMARTS) is 1. The summed E-state index contributed by atoms with van der Waals surface area (Å²) in [6, 6.07) is 0. The molecule has 0 aliphatic heterocycles. The van der Waals surface area contributed by atoms with Crippen LogP contribution in [0.2, 0.25) is 0 Å². The molecule has 0 spiro atoms. The van der Waals surface area contributed by atoms with Crippen molar-refractivity contribution < 1.29 is 9.90 Å². The topological polar surface area (TPSA) is 44.9 Å². The molecule has 0 aromatic rings. The van der Waals surface area contributed by atoms with Crippen LogP contribution in [0.4, 0.5) is 4.79 Å². The van der Waals surface area contributed by atoms with Gasteiger partial charge in [-0.25, -0.2) is 11.4 Å². The van der Waals surface area contributed by atoms with Gasteiger partial charge in [-0.3, -0.25) is 0 Å². The van der Waals surface area contributed by atoms with Gasteiger partial charge in [0.05, 0.1) is 0 Å². The molecule has 4 heteroatoms. The lowest BCUT2D eigenvalue weighted by Gasteiger charge is -2.17. The van der Waals surface area contributed by atoms with Crippen LogP contribution >= 0.6 is 0 Å². The van der Waals surface area contributed by atoms with Crippen molar-refractivity contribution in [2.24, 2.45) is 0 Å². The first-order valence-electron chi connectivity index (χ1n) is 4.53. The van der Waals surface area contributed by atoms with Gasteiger partial charge in [-0.1, -0.05) is 13.3 Å². The van der Waals surface area contributed by atoms with Crippen molar-refractivity contribution in [3.8, 4) is 0 Å². The van der Waals surface area contributed by atoms with Crippen LogP contribution in [-0.4, -0.2) is 35.7 Å². The van der Waals surface area contributed by atoms with Crippen molar-refractivity contribution in [3.05, 3.63) is 11.4 Å². The quantitative estimate of drug-likeness (QED) is 0.507. The Balaban J connectivity index is 3.68. The molecule has 0 aromatic heterocycles. The minimum absolute atomic E-state index is 0.413. The predicted molar refractivity (Wildman–Crippen MR) is 50.6 cm³/mol. The van der Waals surface area contributed by atoms with Crippen molar-refractivity contribution in [1.29, 1.82) is 0 Å². The average Bonchev–Trinajstić information content (AvgIpc) is 2.10. The summed E-state index contributed by atoms with van der Waals surface area (Å²) in [6.07, 6.45) is 1.65. The Bertz CT molecular complexity index is 187. The molecule has 1 amide bonds. The average molecular weight is 184 g/mol. The fraction of sp³-hybridized carbons (Fsp3) is 0.778. The molecule has 0 radical (unpaired) electrons. The molecule has 0 aliphatic rings. The van der Waals surface area contributed by atoms with Crippen LogP contribution in [0.25, 0.3) is 4.85 Å². The van der Waals surface area contributed by atoms with Crippen LogP contribution in [-0.2, 0) is 0 Å². The Morgan fingerprint density at radius 1 is 1.46 bits per heavy atom. The van der Waals surface area contributed by atoms with Crippen molar-refractivity contribution in [3.63, 3.8) is 0 Å². The van der Waals surface area contributed by atoms with E-state index in [-0.39, 0.29) is 0 Å². The van der Waals surface area contributed by atoms with Crippen LogP contribution in [0, 0.1) is 6.57 Å². The summed E-state index contributed by atoms with van der Waals surface area (Å²) < 4.78 is 0. The van der Waals surface area contributed by atoms with Crippen molar-refractivity contribution >= 4 is 6.09 Å². The van der Waals surface area contributed by atoms with Gasteiger partial charge in [0, 0.05) is 19.5 Å². The van der Waals surface area contributed by atoms with Gasteiger partial charge >= 0.3 is 6.09 Å². The van der Waals surface area contributed by atoms with Gasteiger partial charge in [0.1, 0.15) is 0 Å². The fourth-order valence-electron chi connectivity index (χ4n) is 0.993. The van der Waals surface area contributed by atoms with E-state index in [0.717, 1.165) is 12.8 Å². The molecule has 0 atom stereocenters. The third kappa shape index (κ3) is 5.97. The second kappa shape index (κ2) is 7.41. The highest BCUT2D eigenvalue weighted by molar-refractivity contribution is 5.64. The van der Waals surface area contributed by atoms with Gasteiger partial charge < -0.3 is 14.9 Å². The second-order valence-electron chi connectivity index (χ2n) is 2.86. The Morgan fingerprint density at radius 2 is 2.08 bits per heavy atom. The summed E-state index contributed by atoms with van der Waals surface area (Å²) in [5.74, 6) is 0. The maximum absolute atomic E-state index is 10.6. The van der Waals surface area contributed by atoms with Gasteiger partial charge in [0.2, 0.25) is 6.54 Å². The van der Waals surface area contributed by atoms with Crippen LogP contribution in [0.15, 0.2) is 0 Å². The highest BCUT2D eigenvalue weighted by Gasteiger charge is 2.10. The summed E-state index contributed by atoms with van der Waals surface area (Å²) in [4.78, 5) is 15.2. The monoisotopic (exact) mass is 184 g/mol. The number of carbonyl (C=O) groups is 1. The summed E-state index contributed by atoms with van der Waals surface area (Å²) in [7, 11) is 0. The molecule has 13 heavy (non-hydrogen) atoms. The van der Waals surface area contributed by atoms with Gasteiger partial charge in [0.25, 0.3) is 0 Å². The molecular weight excluding hydrogens is 168 g/mol. The number of nitrogens with zero attached hydrogens (tertiary/aromatic N) is 2. The van der Waals surface area contributed by atoms with E-state index in [9.17, 15) is 4.79 Å². The number of rotatable bonds is 6. The lowest BCUT2D eigenvalue weighted by molar-refractivity contribution is 0.144. The van der Waals surface area contributed by atoms with Gasteiger partial charge in [-0.15, -0.1) is 0 Å². The largest absolute Gasteiger partial charge is 0.465 e. The van der Waals surface area contributed by atoms with E-state index in [2.05, 4.69) is 4.85 Å². The third-order valence-electron chi connectivity index (χ3n) is 1.75. The second-order valence-corrected chi connectivity index (χ2v) is 2.86. The predicted octanol–water partition coefficient (Wildman–Crippen LogP) is 2.08. The maximum atomic E-state index is 10.6. The Kier molecular flexibility index (Phi) is 6.70. The van der Waals surface area contributed by atoms with Crippen LogP contribution in [0.3, 0.4) is 0 Å². The molecule has 0 aromatic carbocycles. The molecule has 0 aliphatic carbocycles. The molecule has 0 heterocycles. The molecule has 0 saturated carbocycles. The molecule has 0 bridgehead atoms. The van der Waals surface area contributed by atoms with Gasteiger partial charge in [-0.05, 0) is 6.42 Å². The molecule has 0 fully saturated rings. The number of hydrogen-bond acceptors (Lipinski definition) is 1. The fourth-order valence-corrected chi connectivity index (χ4v) is 0.993. The zero-order valence-electron chi connectivity index (χ0n) is 7.99. The Labute approximate surface area is 79.0 Å². The lowest BCUT2D eigenvalue weighted by Crippen LogP contribution is -2.31. The SMILES string of the molecule is [C-]#[N+]CCCN(CCCC)C(=O)O. The number of unbranched alkanes of at least 4 members (excludes halogenated alkanes) is 1. The summed E-state index contributed by atoms with van der Waals surface area (Å²) in [6.45, 7) is 10.1. The van der Waals surface area contributed by atoms with E-state index in [1.54, 1.807) is 0 Å². The van der Waals surface area contributed by atoms with E-state index in [1.807, 2.05) is 6.92 Å². The van der Waals surface area contributed by atoms with E-state index in [4.69, 9.17) is 11.7 Å². The number of amides is 1. The van der Waals surface area contributed by atoms with Crippen molar-refractivity contribution in [2.75, 3.05) is 19.6 Å². The number of hydrogen-bond donors (Lipinski definition) is 1. The van der Waals surface area contributed by atoms with Gasteiger partial charge in [0.15, 0.2) is 0 Å². The lowest BCUT2D eigenvalue weighted by atomic mass is 10.3. The Hall–Kier alpha value is -1.24. The molecule has 74 valence electrons. The minimum Gasteiger partial charge on any atom is -0.465 e. The summed E-state index contributed by atoms with van der Waals surface area (Å²) >= 11 is 0. The van der Waals surface area contributed by atoms with Crippen molar-refractivity contribution in [1.82, 2.24) is 4.90 Å². The Morgan fingerprint density at radius 3 is 2.54 bits per heavy atom. The first-order valence-corrected chi connectivity index (χ1v) is 4.53. The van der Waals surface area contributed by atoms with Crippen LogP contribution < -0.4 is 0 Å². The summed E-state index contributed by atoms with van der Waals surface area (Å²) in [5.41, 5.74) is 0. The highest BCUT2D eigenvalue weighted by Crippen LogP contribution is 1.97. The molecule has 4 nitrogen and oxygen atoms in total. The standard InChI is InChI=1S/C9H16N2O2/c1-3-4-7-11(9(12)13)8-5-6-10-2/h3-8H2,1H3,(H,12,13). The van der Waals surface area contributed by atoms with E-state index < -0.39 is 6.09 Å². The summed E-state index contributed by atoms with van der Waals surface area (Å²) in [5, 5.41) is 8.75. The molecule has 1 N–H and O–H groups in total. The normalized spacial score (nSPS) is 9.23. The van der Waals surface area contributed by atoms with Crippen LogP contribution in [0.1, 0.15) is 26.2 Å². The molecule has 0 unspecified atom stereocenters. The minimum atomic E-state index is -0.876. The van der Waals surface area contributed by atoms with E-state index in [1.165, 1.54) is 4.90 Å². The van der Waals surface area contributed by atoms with E-state index in [0.29, 0.717) is 26.1 Å². The van der Waals surface area contributed by atoms with Gasteiger partial charge in [-0.2, -0.15) is 0 Å². The third-order valence-corrected chi connectivity index (χ3v) is 1.75. The van der Waals surface area contributed by atoms with Crippen molar-refractivity contribution in [2.45, 2.75) is 26.2 Å². The molecule has 0 rings (SSSR count). The zero-order chi connectivity index (χ0) is 10.1. The molecular formula is C9H16N2O2. The smallest absolute Gasteiger partial charge is 0.407 e. The highest BCUT2D eigenvalue weighted by atomic mass is 16.4. The van der Waals surface area contributed by atoms with E-state index >= 15 is 0 Å². The first-order chi connectivity index (χ1) is 6.22.